The summed E-state index contributed by atoms with van der Waals surface area (Å²) in [5.74, 6) is -0.0655. The standard InChI is InChI=1S/C24H24N4O2/c1-16(19-8-5-7-11-22(19)29)26-28-23(17-12-14-18(15-13-17)27(2)3)25-21-10-6-4-9-20(21)24(28)30/h4-15,23,25,29H,1-3H3. The van der Waals surface area contributed by atoms with Crippen LogP contribution in [0.4, 0.5) is 11.4 Å². The molecule has 1 heterocycles. The van der Waals surface area contributed by atoms with E-state index in [9.17, 15) is 9.90 Å². The summed E-state index contributed by atoms with van der Waals surface area (Å²) in [6.07, 6.45) is -0.468. The second kappa shape index (κ2) is 7.91. The van der Waals surface area contributed by atoms with Crippen LogP contribution in [0.5, 0.6) is 5.75 Å². The van der Waals surface area contributed by atoms with Gasteiger partial charge in [0.15, 0.2) is 6.17 Å². The minimum Gasteiger partial charge on any atom is -0.507 e. The molecule has 0 radical (unpaired) electrons. The van der Waals surface area contributed by atoms with Crippen LogP contribution in [0.3, 0.4) is 0 Å². The van der Waals surface area contributed by atoms with E-state index >= 15 is 0 Å². The number of nitrogens with zero attached hydrogens (tertiary/aromatic N) is 3. The molecule has 0 aliphatic carbocycles. The predicted octanol–water partition coefficient (Wildman–Crippen LogP) is 4.45. The highest BCUT2D eigenvalue weighted by molar-refractivity contribution is 6.05. The quantitative estimate of drug-likeness (QED) is 0.635. The molecule has 6 nitrogen and oxygen atoms in total. The highest BCUT2D eigenvalue weighted by Gasteiger charge is 2.33. The van der Waals surface area contributed by atoms with Crippen molar-refractivity contribution in [2.24, 2.45) is 5.10 Å². The number of hydrazone groups is 1. The first-order valence-electron chi connectivity index (χ1n) is 9.75. The first kappa shape index (κ1) is 19.5. The molecule has 0 bridgehead atoms. The van der Waals surface area contributed by atoms with Crippen molar-refractivity contribution in [3.63, 3.8) is 0 Å². The van der Waals surface area contributed by atoms with Crippen molar-refractivity contribution in [1.82, 2.24) is 5.01 Å². The number of phenolic OH excluding ortho intramolecular Hbond substituents is 1. The Morgan fingerprint density at radius 3 is 2.37 bits per heavy atom. The first-order chi connectivity index (χ1) is 14.5. The maximum absolute atomic E-state index is 13.3. The highest BCUT2D eigenvalue weighted by Crippen LogP contribution is 2.34. The number of rotatable bonds is 4. The van der Waals surface area contributed by atoms with Crippen molar-refractivity contribution in [3.8, 4) is 5.75 Å². The number of carbonyl (C=O) groups is 1. The molecular formula is C24H24N4O2. The third-order valence-corrected chi connectivity index (χ3v) is 5.18. The number of phenols is 1. The Kier molecular flexibility index (Phi) is 5.14. The molecule has 1 atom stereocenters. The van der Waals surface area contributed by atoms with Crippen LogP contribution in [0.15, 0.2) is 77.9 Å². The molecule has 1 amide bonds. The molecule has 30 heavy (non-hydrogen) atoms. The van der Waals surface area contributed by atoms with Gasteiger partial charge in [0.1, 0.15) is 5.75 Å². The van der Waals surface area contributed by atoms with Crippen LogP contribution in [0.1, 0.15) is 34.6 Å². The van der Waals surface area contributed by atoms with Gasteiger partial charge >= 0.3 is 0 Å². The van der Waals surface area contributed by atoms with Crippen LogP contribution in [-0.2, 0) is 0 Å². The summed E-state index contributed by atoms with van der Waals surface area (Å²) in [5, 5.41) is 19.7. The van der Waals surface area contributed by atoms with E-state index in [1.54, 1.807) is 31.2 Å². The Labute approximate surface area is 176 Å². The Bertz CT molecular complexity index is 1110. The second-order valence-electron chi connectivity index (χ2n) is 7.43. The summed E-state index contributed by atoms with van der Waals surface area (Å²) in [5.41, 5.74) is 4.46. The number of benzene rings is 3. The van der Waals surface area contributed by atoms with Gasteiger partial charge in [-0.15, -0.1) is 0 Å². The second-order valence-corrected chi connectivity index (χ2v) is 7.43. The van der Waals surface area contributed by atoms with Crippen LogP contribution in [-0.4, -0.2) is 35.8 Å². The third kappa shape index (κ3) is 3.59. The number of hydrogen-bond donors (Lipinski definition) is 2. The molecule has 6 heteroatoms. The third-order valence-electron chi connectivity index (χ3n) is 5.18. The molecule has 1 aliphatic rings. The van der Waals surface area contributed by atoms with E-state index < -0.39 is 6.17 Å². The summed E-state index contributed by atoms with van der Waals surface area (Å²) >= 11 is 0. The monoisotopic (exact) mass is 400 g/mol. The lowest BCUT2D eigenvalue weighted by Gasteiger charge is -2.35. The van der Waals surface area contributed by atoms with E-state index in [4.69, 9.17) is 0 Å². The van der Waals surface area contributed by atoms with Gasteiger partial charge in [-0.3, -0.25) is 4.79 Å². The van der Waals surface area contributed by atoms with Crippen molar-refractivity contribution in [1.29, 1.82) is 0 Å². The van der Waals surface area contributed by atoms with Crippen LogP contribution in [0.2, 0.25) is 0 Å². The summed E-state index contributed by atoms with van der Waals surface area (Å²) in [6.45, 7) is 1.79. The lowest BCUT2D eigenvalue weighted by atomic mass is 10.0. The van der Waals surface area contributed by atoms with Gasteiger partial charge in [0.2, 0.25) is 0 Å². The zero-order valence-corrected chi connectivity index (χ0v) is 17.2. The van der Waals surface area contributed by atoms with Crippen molar-refractivity contribution in [3.05, 3.63) is 89.5 Å². The lowest BCUT2D eigenvalue weighted by Crippen LogP contribution is -2.40. The highest BCUT2D eigenvalue weighted by atomic mass is 16.3. The van der Waals surface area contributed by atoms with Crippen LogP contribution in [0.25, 0.3) is 0 Å². The Morgan fingerprint density at radius 1 is 1.00 bits per heavy atom. The molecule has 0 spiro atoms. The van der Waals surface area contributed by atoms with E-state index in [0.29, 0.717) is 16.8 Å². The molecule has 1 aliphatic heterocycles. The maximum Gasteiger partial charge on any atom is 0.278 e. The molecule has 152 valence electrons. The number of anilines is 2. The van der Waals surface area contributed by atoms with Gasteiger partial charge in [0, 0.05) is 31.0 Å². The fraction of sp³-hybridized carbons (Fsp3) is 0.167. The van der Waals surface area contributed by atoms with Crippen molar-refractivity contribution >= 4 is 23.0 Å². The Balaban J connectivity index is 1.78. The molecule has 0 saturated carbocycles. The number of fused-ring (bicyclic) bond motifs is 1. The van der Waals surface area contributed by atoms with Crippen LogP contribution < -0.4 is 10.2 Å². The minimum absolute atomic E-state index is 0.128. The van der Waals surface area contributed by atoms with Gasteiger partial charge in [-0.2, -0.15) is 5.10 Å². The topological polar surface area (TPSA) is 68.2 Å². The Morgan fingerprint density at radius 2 is 1.67 bits per heavy atom. The number of hydrogen-bond acceptors (Lipinski definition) is 5. The molecule has 1 unspecified atom stereocenters. The van der Waals surface area contributed by atoms with Crippen LogP contribution >= 0.6 is 0 Å². The van der Waals surface area contributed by atoms with E-state index in [1.165, 1.54) is 5.01 Å². The van der Waals surface area contributed by atoms with Gasteiger partial charge < -0.3 is 15.3 Å². The van der Waals surface area contributed by atoms with E-state index in [0.717, 1.165) is 16.9 Å². The average molecular weight is 400 g/mol. The molecule has 3 aromatic rings. The maximum atomic E-state index is 13.3. The average Bonchev–Trinajstić information content (AvgIpc) is 2.76. The van der Waals surface area contributed by atoms with Gasteiger partial charge in [-0.25, -0.2) is 5.01 Å². The fourth-order valence-electron chi connectivity index (χ4n) is 3.52. The number of nitrogens with one attached hydrogen (secondary N) is 1. The van der Waals surface area contributed by atoms with Gasteiger partial charge in [-0.1, -0.05) is 36.4 Å². The first-order valence-corrected chi connectivity index (χ1v) is 9.75. The van der Waals surface area contributed by atoms with E-state index in [-0.39, 0.29) is 11.7 Å². The number of aromatic hydroxyl groups is 1. The van der Waals surface area contributed by atoms with Gasteiger partial charge in [0.05, 0.1) is 11.3 Å². The van der Waals surface area contributed by atoms with E-state index in [1.807, 2.05) is 67.5 Å². The molecule has 2 N–H and O–H groups in total. The van der Waals surface area contributed by atoms with Gasteiger partial charge in [-0.05, 0) is 48.9 Å². The van der Waals surface area contributed by atoms with Crippen LogP contribution in [0, 0.1) is 0 Å². The minimum atomic E-state index is -0.468. The van der Waals surface area contributed by atoms with E-state index in [2.05, 4.69) is 10.4 Å². The smallest absolute Gasteiger partial charge is 0.278 e. The predicted molar refractivity (Wildman–Crippen MR) is 120 cm³/mol. The lowest BCUT2D eigenvalue weighted by molar-refractivity contribution is 0.0689. The number of carbonyl (C=O) groups excluding carboxylic acids is 1. The molecule has 0 aromatic heterocycles. The van der Waals surface area contributed by atoms with Crippen molar-refractivity contribution in [2.45, 2.75) is 13.1 Å². The fourth-order valence-corrected chi connectivity index (χ4v) is 3.52. The Hall–Kier alpha value is -3.80. The summed E-state index contributed by atoms with van der Waals surface area (Å²) < 4.78 is 0. The molecular weight excluding hydrogens is 376 g/mol. The van der Waals surface area contributed by atoms with Crippen molar-refractivity contribution < 1.29 is 9.90 Å². The van der Waals surface area contributed by atoms with Gasteiger partial charge in [0.25, 0.3) is 5.91 Å². The molecule has 0 fully saturated rings. The molecule has 3 aromatic carbocycles. The molecule has 4 rings (SSSR count). The van der Waals surface area contributed by atoms with Crippen molar-refractivity contribution in [2.75, 3.05) is 24.3 Å². The summed E-state index contributed by atoms with van der Waals surface area (Å²) in [6, 6.07) is 22.4. The number of amides is 1. The number of para-hydroxylation sites is 2. The molecule has 0 saturated heterocycles. The largest absolute Gasteiger partial charge is 0.507 e. The zero-order valence-electron chi connectivity index (χ0n) is 17.2. The summed E-state index contributed by atoms with van der Waals surface area (Å²) in [4.78, 5) is 15.4. The normalized spacial score (nSPS) is 16.1. The SMILES string of the molecule is CC(=NN1C(=O)c2ccccc2NC1c1ccc(N(C)C)cc1)c1ccccc1O. The zero-order chi connectivity index (χ0) is 21.3. The summed E-state index contributed by atoms with van der Waals surface area (Å²) in [7, 11) is 3.97.